The van der Waals surface area contributed by atoms with Crippen molar-refractivity contribution in [1.82, 2.24) is 0 Å². The lowest BCUT2D eigenvalue weighted by molar-refractivity contribution is -0.398. The molecule has 1 rings (SSSR count). The topological polar surface area (TPSA) is 9.23 Å². The normalized spacial score (nSPS) is 32.6. The minimum Gasteiger partial charge on any atom is -0.269 e. The molecule has 1 nitrogen and oxygen atoms in total. The highest BCUT2D eigenvalue weighted by molar-refractivity contribution is 5.30. The molecule has 0 saturated carbocycles. The Balaban J connectivity index is 4.11. The number of rotatable bonds is 9. The van der Waals surface area contributed by atoms with Crippen molar-refractivity contribution in [3.05, 3.63) is 24.8 Å². The van der Waals surface area contributed by atoms with Gasteiger partial charge in [-0.1, -0.05) is 52.3 Å². The van der Waals surface area contributed by atoms with Crippen molar-refractivity contribution < 1.29 is 48.6 Å². The van der Waals surface area contributed by atoms with Crippen LogP contribution in [0.5, 0.6) is 0 Å². The average Bonchev–Trinajstić information content (AvgIpc) is 2.77. The Labute approximate surface area is 174 Å². The van der Waals surface area contributed by atoms with Crippen LogP contribution in [0, 0.1) is 10.8 Å². The fourth-order valence-electron chi connectivity index (χ4n) is 3.87. The number of alkyl halides is 10. The van der Waals surface area contributed by atoms with Gasteiger partial charge in [-0.3, -0.25) is 4.74 Å². The summed E-state index contributed by atoms with van der Waals surface area (Å²) in [7, 11) is 0. The lowest BCUT2D eigenvalue weighted by Gasteiger charge is -2.50. The van der Waals surface area contributed by atoms with Crippen LogP contribution in [0.25, 0.3) is 0 Å². The molecule has 0 aromatic rings. The van der Waals surface area contributed by atoms with Gasteiger partial charge in [0, 0.05) is 0 Å². The summed E-state index contributed by atoms with van der Waals surface area (Å²) in [5.74, 6) is -24.2. The second kappa shape index (κ2) is 7.66. The van der Waals surface area contributed by atoms with Gasteiger partial charge >= 0.3 is 35.4 Å². The summed E-state index contributed by atoms with van der Waals surface area (Å²) in [6.07, 6.45) is -6.51. The quantitative estimate of drug-likeness (QED) is 0.245. The van der Waals surface area contributed by atoms with Crippen LogP contribution in [0.1, 0.15) is 53.9 Å². The van der Waals surface area contributed by atoms with Gasteiger partial charge in [0.15, 0.2) is 0 Å². The van der Waals surface area contributed by atoms with E-state index in [1.54, 1.807) is 0 Å². The molecule has 0 aliphatic carbocycles. The Hall–Kier alpha value is -1.26. The van der Waals surface area contributed by atoms with Crippen molar-refractivity contribution >= 4 is 0 Å². The van der Waals surface area contributed by atoms with Crippen molar-refractivity contribution in [1.29, 1.82) is 0 Å². The van der Waals surface area contributed by atoms with Gasteiger partial charge in [0.2, 0.25) is 0 Å². The third kappa shape index (κ3) is 3.08. The molecule has 0 radical (unpaired) electrons. The van der Waals surface area contributed by atoms with Crippen LogP contribution >= 0.6 is 0 Å². The zero-order valence-corrected chi connectivity index (χ0v) is 17.7. The van der Waals surface area contributed by atoms with Crippen molar-refractivity contribution in [2.24, 2.45) is 10.8 Å². The van der Waals surface area contributed by atoms with Gasteiger partial charge in [0.25, 0.3) is 0 Å². The monoisotopic (exact) mass is 472 g/mol. The van der Waals surface area contributed by atoms with Crippen molar-refractivity contribution in [2.75, 3.05) is 0 Å². The molecule has 0 aromatic carbocycles. The molecule has 1 fully saturated rings. The molecule has 11 heteroatoms. The van der Waals surface area contributed by atoms with E-state index in [1.165, 1.54) is 6.92 Å². The van der Waals surface area contributed by atoms with Crippen LogP contribution < -0.4 is 0 Å². The second-order valence-corrected chi connectivity index (χ2v) is 8.24. The van der Waals surface area contributed by atoms with Crippen molar-refractivity contribution in [3.8, 4) is 0 Å². The number of halogens is 10. The molecule has 0 bridgehead atoms. The lowest BCUT2D eigenvalue weighted by atomic mass is 9.64. The van der Waals surface area contributed by atoms with E-state index in [4.69, 9.17) is 0 Å². The highest BCUT2D eigenvalue weighted by atomic mass is 19.3. The van der Waals surface area contributed by atoms with E-state index in [2.05, 4.69) is 11.3 Å². The second-order valence-electron chi connectivity index (χ2n) is 8.24. The SMILES string of the molecule is C=CC(C)(CCC)C(F)(F)C1(F)OC(F)(F)C(F)(F)C1(F)C(F)(F)C(C)(/C=C/C)CC. The van der Waals surface area contributed by atoms with Crippen molar-refractivity contribution in [3.63, 3.8) is 0 Å². The summed E-state index contributed by atoms with van der Waals surface area (Å²) < 4.78 is 153. The van der Waals surface area contributed by atoms with Gasteiger partial charge in [-0.25, -0.2) is 17.6 Å². The van der Waals surface area contributed by atoms with Gasteiger partial charge in [0.05, 0.1) is 10.8 Å². The molecular weight excluding hydrogens is 446 g/mol. The Morgan fingerprint density at radius 2 is 1.35 bits per heavy atom. The van der Waals surface area contributed by atoms with E-state index < -0.39 is 59.1 Å². The van der Waals surface area contributed by atoms with Gasteiger partial charge in [0.1, 0.15) is 0 Å². The molecule has 0 spiro atoms. The van der Waals surface area contributed by atoms with Gasteiger partial charge < -0.3 is 0 Å². The van der Waals surface area contributed by atoms with Gasteiger partial charge in [-0.2, -0.15) is 26.3 Å². The predicted octanol–water partition coefficient (Wildman–Crippen LogP) is 7.87. The van der Waals surface area contributed by atoms with E-state index in [-0.39, 0.29) is 6.42 Å². The van der Waals surface area contributed by atoms with E-state index in [0.29, 0.717) is 26.0 Å². The fraction of sp³-hybridized carbons (Fsp3) is 0.800. The average molecular weight is 472 g/mol. The summed E-state index contributed by atoms with van der Waals surface area (Å²) in [5, 5.41) is 0. The first-order chi connectivity index (χ1) is 13.7. The first-order valence-electron chi connectivity index (χ1n) is 9.57. The molecule has 182 valence electrons. The molecule has 0 N–H and O–H groups in total. The fourth-order valence-corrected chi connectivity index (χ4v) is 3.87. The summed E-state index contributed by atoms with van der Waals surface area (Å²) in [6, 6.07) is 0. The van der Waals surface area contributed by atoms with Crippen LogP contribution in [0.15, 0.2) is 24.8 Å². The van der Waals surface area contributed by atoms with Gasteiger partial charge in [-0.05, 0) is 19.8 Å². The third-order valence-corrected chi connectivity index (χ3v) is 6.27. The first kappa shape index (κ1) is 27.8. The molecule has 1 aliphatic rings. The van der Waals surface area contributed by atoms with Crippen LogP contribution in [-0.2, 0) is 4.74 Å². The maximum Gasteiger partial charge on any atom is 0.426 e. The summed E-state index contributed by atoms with van der Waals surface area (Å²) in [4.78, 5) is 0. The molecule has 0 amide bonds. The van der Waals surface area contributed by atoms with Gasteiger partial charge in [-0.15, -0.1) is 6.58 Å². The Morgan fingerprint density at radius 1 is 0.871 bits per heavy atom. The number of allylic oxidation sites excluding steroid dienone is 3. The minimum absolute atomic E-state index is 0.193. The standard InChI is InChI=1S/C20H26F10O/c1-7-11-13(5,9-3)16(22,23)15(21)18(26,27)20(29,30)31-19(15,28)17(24,25)14(6,10-4)12-8-2/h7,10-11H,4,8-9,12H2,1-3,5-6H3/b11-7+. The highest BCUT2D eigenvalue weighted by Gasteiger charge is 3.01. The molecule has 1 heterocycles. The zero-order chi connectivity index (χ0) is 24.9. The lowest BCUT2D eigenvalue weighted by Crippen LogP contribution is -2.75. The summed E-state index contributed by atoms with van der Waals surface area (Å²) in [6.45, 7) is 7.34. The maximum atomic E-state index is 15.8. The summed E-state index contributed by atoms with van der Waals surface area (Å²) in [5.41, 5.74) is -12.5. The first-order valence-corrected chi connectivity index (χ1v) is 9.57. The van der Waals surface area contributed by atoms with E-state index in [9.17, 15) is 17.6 Å². The third-order valence-electron chi connectivity index (χ3n) is 6.27. The molecule has 1 aliphatic heterocycles. The van der Waals surface area contributed by atoms with Crippen LogP contribution in [0.3, 0.4) is 0 Å². The summed E-state index contributed by atoms with van der Waals surface area (Å²) >= 11 is 0. The van der Waals surface area contributed by atoms with E-state index >= 15 is 26.3 Å². The Bertz CT molecular complexity index is 721. The number of ether oxygens (including phenoxy) is 1. The minimum atomic E-state index is -6.66. The van der Waals surface area contributed by atoms with Crippen molar-refractivity contribution in [2.45, 2.75) is 89.3 Å². The highest BCUT2D eigenvalue weighted by Crippen LogP contribution is 2.73. The number of hydrogen-bond donors (Lipinski definition) is 0. The Morgan fingerprint density at radius 3 is 1.71 bits per heavy atom. The van der Waals surface area contributed by atoms with Crippen LogP contribution in [0.4, 0.5) is 43.9 Å². The van der Waals surface area contributed by atoms with Crippen LogP contribution in [0.2, 0.25) is 0 Å². The maximum absolute atomic E-state index is 15.8. The predicted molar refractivity (Wildman–Crippen MR) is 95.0 cm³/mol. The molecule has 0 aromatic heterocycles. The number of hydrogen-bond acceptors (Lipinski definition) is 1. The molecular formula is C20H26F10O. The largest absolute Gasteiger partial charge is 0.426 e. The molecule has 4 atom stereocenters. The van der Waals surface area contributed by atoms with E-state index in [1.807, 2.05) is 0 Å². The molecule has 31 heavy (non-hydrogen) atoms. The molecule has 1 saturated heterocycles. The van der Waals surface area contributed by atoms with E-state index in [0.717, 1.165) is 19.9 Å². The molecule has 4 unspecified atom stereocenters. The smallest absolute Gasteiger partial charge is 0.269 e. The zero-order valence-electron chi connectivity index (χ0n) is 17.7. The Kier molecular flexibility index (Phi) is 6.86. The van der Waals surface area contributed by atoms with Crippen LogP contribution in [-0.4, -0.2) is 35.4 Å².